The van der Waals surface area contributed by atoms with Crippen LogP contribution in [0, 0.1) is 12.7 Å². The molecule has 132 valence electrons. The van der Waals surface area contributed by atoms with Crippen LogP contribution < -0.4 is 5.32 Å². The van der Waals surface area contributed by atoms with Gasteiger partial charge in [-0.05, 0) is 37.1 Å². The molecule has 5 heteroatoms. The van der Waals surface area contributed by atoms with Crippen LogP contribution in [0.15, 0.2) is 48.5 Å². The predicted molar refractivity (Wildman–Crippen MR) is 98.2 cm³/mol. The van der Waals surface area contributed by atoms with Crippen LogP contribution in [0.1, 0.15) is 24.1 Å². The summed E-state index contributed by atoms with van der Waals surface area (Å²) >= 11 is 0. The van der Waals surface area contributed by atoms with Gasteiger partial charge in [0.05, 0.1) is 0 Å². The number of piperazine rings is 1. The summed E-state index contributed by atoms with van der Waals surface area (Å²) in [6, 6.07) is 15.3. The van der Waals surface area contributed by atoms with Crippen LogP contribution >= 0.6 is 0 Å². The van der Waals surface area contributed by atoms with E-state index in [1.54, 1.807) is 24.0 Å². The number of carbonyl (C=O) groups excluding carboxylic acids is 1. The lowest BCUT2D eigenvalue weighted by Gasteiger charge is -2.38. The van der Waals surface area contributed by atoms with Crippen molar-refractivity contribution >= 4 is 11.7 Å². The SMILES string of the molecule is Cc1ccc(NC(=O)N2CCN([C@@H](C)c3ccccc3)CC2)cc1F. The van der Waals surface area contributed by atoms with E-state index >= 15 is 0 Å². The highest BCUT2D eigenvalue weighted by atomic mass is 19.1. The third-order valence-corrected chi connectivity index (χ3v) is 4.85. The zero-order valence-corrected chi connectivity index (χ0v) is 14.7. The van der Waals surface area contributed by atoms with Gasteiger partial charge in [-0.2, -0.15) is 0 Å². The van der Waals surface area contributed by atoms with Crippen LogP contribution in [-0.4, -0.2) is 42.0 Å². The molecule has 3 rings (SSSR count). The molecule has 4 nitrogen and oxygen atoms in total. The second kappa shape index (κ2) is 7.66. The molecule has 0 aliphatic carbocycles. The van der Waals surface area contributed by atoms with Crippen LogP contribution in [0.4, 0.5) is 14.9 Å². The summed E-state index contributed by atoms with van der Waals surface area (Å²) in [6.45, 7) is 6.88. The summed E-state index contributed by atoms with van der Waals surface area (Å²) < 4.78 is 13.6. The number of halogens is 1. The van der Waals surface area contributed by atoms with Crippen molar-refractivity contribution < 1.29 is 9.18 Å². The van der Waals surface area contributed by atoms with Gasteiger partial charge in [0.25, 0.3) is 0 Å². The summed E-state index contributed by atoms with van der Waals surface area (Å²) in [4.78, 5) is 16.5. The average Bonchev–Trinajstić information content (AvgIpc) is 2.65. The van der Waals surface area contributed by atoms with Gasteiger partial charge in [0.15, 0.2) is 0 Å². The van der Waals surface area contributed by atoms with E-state index in [-0.39, 0.29) is 11.8 Å². The van der Waals surface area contributed by atoms with E-state index in [0.29, 0.717) is 30.4 Å². The first-order chi connectivity index (χ1) is 12.0. The maximum Gasteiger partial charge on any atom is 0.321 e. The number of nitrogens with one attached hydrogen (secondary N) is 1. The smallest absolute Gasteiger partial charge is 0.321 e. The molecule has 0 unspecified atom stereocenters. The Bertz CT molecular complexity index is 727. The van der Waals surface area contributed by atoms with Crippen LogP contribution in [-0.2, 0) is 0 Å². The molecule has 2 aromatic rings. The summed E-state index contributed by atoms with van der Waals surface area (Å²) in [7, 11) is 0. The topological polar surface area (TPSA) is 35.6 Å². The lowest BCUT2D eigenvalue weighted by atomic mass is 10.1. The molecule has 25 heavy (non-hydrogen) atoms. The van der Waals surface area contributed by atoms with Gasteiger partial charge in [0.1, 0.15) is 5.82 Å². The quantitative estimate of drug-likeness (QED) is 0.914. The molecule has 0 aromatic heterocycles. The van der Waals surface area contributed by atoms with Crippen molar-refractivity contribution in [3.05, 3.63) is 65.5 Å². The Morgan fingerprint density at radius 2 is 1.76 bits per heavy atom. The minimum Gasteiger partial charge on any atom is -0.322 e. The van der Waals surface area contributed by atoms with Gasteiger partial charge in [-0.15, -0.1) is 0 Å². The van der Waals surface area contributed by atoms with Crippen molar-refractivity contribution in [3.8, 4) is 0 Å². The Morgan fingerprint density at radius 1 is 1.08 bits per heavy atom. The fourth-order valence-electron chi connectivity index (χ4n) is 3.13. The van der Waals surface area contributed by atoms with Crippen molar-refractivity contribution in [3.63, 3.8) is 0 Å². The largest absolute Gasteiger partial charge is 0.322 e. The van der Waals surface area contributed by atoms with Crippen LogP contribution in [0.25, 0.3) is 0 Å². The number of hydrogen-bond acceptors (Lipinski definition) is 2. The summed E-state index contributed by atoms with van der Waals surface area (Å²) in [5, 5.41) is 2.78. The fraction of sp³-hybridized carbons (Fsp3) is 0.350. The molecule has 0 bridgehead atoms. The average molecular weight is 341 g/mol. The Labute approximate surface area is 148 Å². The third-order valence-electron chi connectivity index (χ3n) is 4.85. The van der Waals surface area contributed by atoms with Gasteiger partial charge in [-0.3, -0.25) is 4.90 Å². The number of rotatable bonds is 3. The number of aryl methyl sites for hydroxylation is 1. The number of urea groups is 1. The maximum atomic E-state index is 13.6. The molecule has 0 saturated carbocycles. The van der Waals surface area contributed by atoms with Crippen LogP contribution in [0.3, 0.4) is 0 Å². The molecule has 0 radical (unpaired) electrons. The Balaban J connectivity index is 1.54. The van der Waals surface area contributed by atoms with E-state index in [1.807, 2.05) is 6.07 Å². The van der Waals surface area contributed by atoms with Gasteiger partial charge in [0.2, 0.25) is 0 Å². The van der Waals surface area contributed by atoms with Crippen LogP contribution in [0.5, 0.6) is 0 Å². The second-order valence-electron chi connectivity index (χ2n) is 6.50. The van der Waals surface area contributed by atoms with Gasteiger partial charge >= 0.3 is 6.03 Å². The summed E-state index contributed by atoms with van der Waals surface area (Å²) in [5.41, 5.74) is 2.35. The number of benzene rings is 2. The van der Waals surface area contributed by atoms with Gasteiger partial charge in [-0.1, -0.05) is 36.4 Å². The minimum absolute atomic E-state index is 0.171. The highest BCUT2D eigenvalue weighted by Gasteiger charge is 2.24. The van der Waals surface area contributed by atoms with Crippen molar-refractivity contribution in [1.82, 2.24) is 9.80 Å². The monoisotopic (exact) mass is 341 g/mol. The lowest BCUT2D eigenvalue weighted by molar-refractivity contribution is 0.119. The molecule has 1 fully saturated rings. The number of amides is 2. The molecule has 2 aromatic carbocycles. The van der Waals surface area contributed by atoms with E-state index < -0.39 is 0 Å². The Hall–Kier alpha value is -2.40. The van der Waals surface area contributed by atoms with E-state index in [2.05, 4.69) is 41.4 Å². The molecule has 1 aliphatic rings. The highest BCUT2D eigenvalue weighted by molar-refractivity contribution is 5.89. The number of nitrogens with zero attached hydrogens (tertiary/aromatic N) is 2. The summed E-state index contributed by atoms with van der Waals surface area (Å²) in [6.07, 6.45) is 0. The van der Waals surface area contributed by atoms with Crippen molar-refractivity contribution in [2.24, 2.45) is 0 Å². The molecular formula is C20H24FN3O. The molecule has 1 N–H and O–H groups in total. The third kappa shape index (κ3) is 4.17. The van der Waals surface area contributed by atoms with E-state index in [1.165, 1.54) is 11.6 Å². The number of carbonyl (C=O) groups is 1. The molecule has 2 amide bonds. The van der Waals surface area contributed by atoms with Crippen LogP contribution in [0.2, 0.25) is 0 Å². The Morgan fingerprint density at radius 3 is 2.40 bits per heavy atom. The fourth-order valence-corrected chi connectivity index (χ4v) is 3.13. The van der Waals surface area contributed by atoms with E-state index in [9.17, 15) is 9.18 Å². The van der Waals surface area contributed by atoms with Gasteiger partial charge < -0.3 is 10.2 Å². The minimum atomic E-state index is -0.306. The van der Waals surface area contributed by atoms with Crippen molar-refractivity contribution in [1.29, 1.82) is 0 Å². The number of hydrogen-bond donors (Lipinski definition) is 1. The summed E-state index contributed by atoms with van der Waals surface area (Å²) in [5.74, 6) is -0.306. The predicted octanol–water partition coefficient (Wildman–Crippen LogP) is 4.04. The molecule has 1 atom stereocenters. The first-order valence-corrected chi connectivity index (χ1v) is 8.65. The van der Waals surface area contributed by atoms with Gasteiger partial charge in [0, 0.05) is 37.9 Å². The van der Waals surface area contributed by atoms with E-state index in [4.69, 9.17) is 0 Å². The lowest BCUT2D eigenvalue weighted by Crippen LogP contribution is -2.50. The zero-order chi connectivity index (χ0) is 17.8. The second-order valence-corrected chi connectivity index (χ2v) is 6.50. The first kappa shape index (κ1) is 17.4. The molecular weight excluding hydrogens is 317 g/mol. The number of anilines is 1. The normalized spacial score (nSPS) is 16.5. The molecule has 1 aliphatic heterocycles. The molecule has 0 spiro atoms. The van der Waals surface area contributed by atoms with Crippen molar-refractivity contribution in [2.45, 2.75) is 19.9 Å². The van der Waals surface area contributed by atoms with Gasteiger partial charge in [-0.25, -0.2) is 9.18 Å². The standard InChI is InChI=1S/C20H24FN3O/c1-15-8-9-18(14-19(15)21)22-20(25)24-12-10-23(11-13-24)16(2)17-6-4-3-5-7-17/h3-9,14,16H,10-13H2,1-2H3,(H,22,25)/t16-/m0/s1. The highest BCUT2D eigenvalue weighted by Crippen LogP contribution is 2.21. The molecule has 1 saturated heterocycles. The molecule has 1 heterocycles. The maximum absolute atomic E-state index is 13.6. The van der Waals surface area contributed by atoms with E-state index in [0.717, 1.165) is 13.1 Å². The first-order valence-electron chi connectivity index (χ1n) is 8.65. The van der Waals surface area contributed by atoms with Crippen molar-refractivity contribution in [2.75, 3.05) is 31.5 Å². The Kier molecular flexibility index (Phi) is 5.34. The zero-order valence-electron chi connectivity index (χ0n) is 14.7.